The summed E-state index contributed by atoms with van der Waals surface area (Å²) in [6.07, 6.45) is 0.0260. The average molecular weight is 481 g/mol. The van der Waals surface area contributed by atoms with Crippen LogP contribution in [0.4, 0.5) is 31.7 Å². The minimum atomic E-state index is -1.17. The molecule has 7 nitrogen and oxygen atoms in total. The van der Waals surface area contributed by atoms with Crippen LogP contribution in [-0.2, 0) is 4.79 Å². The number of hydrogen-bond donors (Lipinski definition) is 4. The third-order valence-corrected chi connectivity index (χ3v) is 5.56. The largest absolute Gasteiger partial charge is 0.339 e. The Labute approximate surface area is 198 Å². The van der Waals surface area contributed by atoms with Gasteiger partial charge in [0.1, 0.15) is 11.6 Å². The zero-order valence-electron chi connectivity index (χ0n) is 17.7. The van der Waals surface area contributed by atoms with Crippen LogP contribution in [-0.4, -0.2) is 22.6 Å². The number of carbonyl (C=O) groups is 1. The molecule has 34 heavy (non-hydrogen) atoms. The normalized spacial score (nSPS) is 11.7. The highest BCUT2D eigenvalue weighted by molar-refractivity contribution is 6.30. The molecule has 0 radical (unpaired) electrons. The Balaban J connectivity index is 1.62. The molecule has 1 heterocycles. The van der Waals surface area contributed by atoms with Gasteiger partial charge in [-0.05, 0) is 55.4 Å². The number of nitrogens with zero attached hydrogens (tertiary/aromatic N) is 2. The van der Waals surface area contributed by atoms with Crippen molar-refractivity contribution in [3.8, 4) is 0 Å². The van der Waals surface area contributed by atoms with Gasteiger partial charge in [0.2, 0.25) is 5.91 Å². The van der Waals surface area contributed by atoms with Crippen molar-refractivity contribution in [3.05, 3.63) is 88.2 Å². The second-order valence-corrected chi connectivity index (χ2v) is 7.90. The lowest BCUT2D eigenvalue weighted by Gasteiger charge is -2.18. The highest BCUT2D eigenvalue weighted by Crippen LogP contribution is 2.32. The SMILES string of the molecule is [C-]#[N+]c1cccc(Nc2n[nH]c3ccc(NC(=O)C(CCN)c4c(F)ccc(Cl)c4F)cc23)c1. The number of rotatable bonds is 7. The number of benzene rings is 3. The predicted octanol–water partition coefficient (Wildman–Crippen LogP) is 5.86. The quantitative estimate of drug-likeness (QED) is 0.196. The summed E-state index contributed by atoms with van der Waals surface area (Å²) in [5.74, 6) is -3.15. The van der Waals surface area contributed by atoms with Gasteiger partial charge in [0.25, 0.3) is 0 Å². The first-order valence-corrected chi connectivity index (χ1v) is 10.7. The number of anilines is 3. The van der Waals surface area contributed by atoms with Crippen LogP contribution in [0.1, 0.15) is 17.9 Å². The molecule has 0 spiro atoms. The Hall–Kier alpha value is -4.00. The van der Waals surface area contributed by atoms with Gasteiger partial charge in [-0.1, -0.05) is 23.7 Å². The van der Waals surface area contributed by atoms with E-state index in [1.165, 1.54) is 0 Å². The molecular weight excluding hydrogens is 462 g/mol. The van der Waals surface area contributed by atoms with Gasteiger partial charge < -0.3 is 16.4 Å². The van der Waals surface area contributed by atoms with E-state index in [-0.39, 0.29) is 18.0 Å². The molecule has 0 fully saturated rings. The fourth-order valence-electron chi connectivity index (χ4n) is 3.64. The Morgan fingerprint density at radius 1 is 1.18 bits per heavy atom. The summed E-state index contributed by atoms with van der Waals surface area (Å²) in [4.78, 5) is 16.4. The fraction of sp³-hybridized carbons (Fsp3) is 0.125. The molecule has 1 aromatic heterocycles. The van der Waals surface area contributed by atoms with Crippen LogP contribution in [0.5, 0.6) is 0 Å². The number of halogens is 3. The number of fused-ring (bicyclic) bond motifs is 1. The Morgan fingerprint density at radius 2 is 2.00 bits per heavy atom. The van der Waals surface area contributed by atoms with Crippen LogP contribution < -0.4 is 16.4 Å². The lowest BCUT2D eigenvalue weighted by molar-refractivity contribution is -0.117. The maximum atomic E-state index is 14.6. The summed E-state index contributed by atoms with van der Waals surface area (Å²) in [5.41, 5.74) is 7.45. The van der Waals surface area contributed by atoms with Crippen LogP contribution in [0.25, 0.3) is 15.7 Å². The summed E-state index contributed by atoms with van der Waals surface area (Å²) >= 11 is 5.81. The monoisotopic (exact) mass is 480 g/mol. The summed E-state index contributed by atoms with van der Waals surface area (Å²) in [7, 11) is 0. The van der Waals surface area contributed by atoms with Crippen molar-refractivity contribution in [2.75, 3.05) is 17.2 Å². The number of amides is 1. The number of aromatic amines is 1. The van der Waals surface area contributed by atoms with E-state index < -0.39 is 29.0 Å². The zero-order valence-corrected chi connectivity index (χ0v) is 18.5. The molecule has 0 saturated heterocycles. The smallest absolute Gasteiger partial charge is 0.232 e. The third-order valence-electron chi connectivity index (χ3n) is 5.27. The van der Waals surface area contributed by atoms with E-state index in [2.05, 4.69) is 25.7 Å². The van der Waals surface area contributed by atoms with E-state index in [1.54, 1.807) is 42.5 Å². The van der Waals surface area contributed by atoms with Gasteiger partial charge in [0, 0.05) is 22.3 Å². The number of aromatic nitrogens is 2. The van der Waals surface area contributed by atoms with Crippen molar-refractivity contribution in [1.82, 2.24) is 10.2 Å². The number of hydrogen-bond acceptors (Lipinski definition) is 4. The van der Waals surface area contributed by atoms with Crippen molar-refractivity contribution >= 4 is 51.3 Å². The standard InChI is InChI=1S/C24H19ClF2N6O/c1-29-13-3-2-4-14(11-13)30-23-17-12-15(5-8-20(17)32-33-23)31-24(34)16(9-10-28)21-19(26)7-6-18(25)22(21)27/h2-8,11-12,16H,9-10,28H2,(H,31,34)(H2,30,32,33). The molecule has 10 heteroatoms. The molecule has 3 aromatic carbocycles. The summed E-state index contributed by atoms with van der Waals surface area (Å²) < 4.78 is 29.0. The molecule has 0 aliphatic heterocycles. The topological polar surface area (TPSA) is 100 Å². The first-order chi connectivity index (χ1) is 16.4. The lowest BCUT2D eigenvalue weighted by atomic mass is 9.93. The first kappa shape index (κ1) is 23.2. The van der Waals surface area contributed by atoms with Gasteiger partial charge in [-0.25, -0.2) is 13.6 Å². The highest BCUT2D eigenvalue weighted by atomic mass is 35.5. The van der Waals surface area contributed by atoms with Crippen molar-refractivity contribution < 1.29 is 13.6 Å². The van der Waals surface area contributed by atoms with E-state index in [4.69, 9.17) is 23.9 Å². The summed E-state index contributed by atoms with van der Waals surface area (Å²) in [5, 5.41) is 13.4. The van der Waals surface area contributed by atoms with E-state index in [1.807, 2.05) is 0 Å². The van der Waals surface area contributed by atoms with Gasteiger partial charge in [0.15, 0.2) is 11.5 Å². The van der Waals surface area contributed by atoms with Crippen molar-refractivity contribution in [1.29, 1.82) is 0 Å². The van der Waals surface area contributed by atoms with E-state index in [9.17, 15) is 13.6 Å². The number of nitrogens with one attached hydrogen (secondary N) is 3. The maximum Gasteiger partial charge on any atom is 0.232 e. The van der Waals surface area contributed by atoms with E-state index >= 15 is 0 Å². The Morgan fingerprint density at radius 3 is 2.76 bits per heavy atom. The minimum absolute atomic E-state index is 0.0260. The molecule has 4 aromatic rings. The Kier molecular flexibility index (Phi) is 6.72. The zero-order chi connectivity index (χ0) is 24.2. The maximum absolute atomic E-state index is 14.6. The molecule has 0 aliphatic carbocycles. The molecule has 1 atom stereocenters. The molecule has 4 rings (SSSR count). The molecule has 172 valence electrons. The molecule has 0 bridgehead atoms. The van der Waals surface area contributed by atoms with Crippen LogP contribution in [0.15, 0.2) is 54.6 Å². The number of H-pyrrole nitrogens is 1. The lowest BCUT2D eigenvalue weighted by Crippen LogP contribution is -2.25. The molecule has 0 aliphatic rings. The highest BCUT2D eigenvalue weighted by Gasteiger charge is 2.28. The first-order valence-electron chi connectivity index (χ1n) is 10.3. The summed E-state index contributed by atoms with van der Waals surface area (Å²) in [6.45, 7) is 7.20. The molecule has 1 unspecified atom stereocenters. The second-order valence-electron chi connectivity index (χ2n) is 7.50. The van der Waals surface area contributed by atoms with Gasteiger partial charge in [-0.2, -0.15) is 5.10 Å². The van der Waals surface area contributed by atoms with Crippen LogP contribution >= 0.6 is 11.6 Å². The van der Waals surface area contributed by atoms with E-state index in [0.717, 1.165) is 12.1 Å². The van der Waals surface area contributed by atoms with Gasteiger partial charge in [-0.3, -0.25) is 9.89 Å². The minimum Gasteiger partial charge on any atom is -0.339 e. The predicted molar refractivity (Wildman–Crippen MR) is 128 cm³/mol. The number of nitrogens with two attached hydrogens (primary N) is 1. The van der Waals surface area contributed by atoms with Gasteiger partial charge in [-0.15, -0.1) is 0 Å². The van der Waals surface area contributed by atoms with Crippen molar-refractivity contribution in [2.45, 2.75) is 12.3 Å². The molecular formula is C24H19ClF2N6O. The van der Waals surface area contributed by atoms with Crippen LogP contribution in [0, 0.1) is 18.2 Å². The molecule has 1 amide bonds. The van der Waals surface area contributed by atoms with Gasteiger partial charge in [0.05, 0.1) is 23.0 Å². The van der Waals surface area contributed by atoms with Crippen molar-refractivity contribution in [2.24, 2.45) is 5.73 Å². The number of carbonyl (C=O) groups excluding carboxylic acids is 1. The molecule has 0 saturated carbocycles. The average Bonchev–Trinajstić information content (AvgIpc) is 3.23. The Bertz CT molecular complexity index is 1410. The van der Waals surface area contributed by atoms with Gasteiger partial charge >= 0.3 is 0 Å². The molecule has 5 N–H and O–H groups in total. The van der Waals surface area contributed by atoms with Crippen LogP contribution in [0.2, 0.25) is 5.02 Å². The van der Waals surface area contributed by atoms with Crippen LogP contribution in [0.3, 0.4) is 0 Å². The second kappa shape index (κ2) is 9.87. The third kappa shape index (κ3) is 4.69. The summed E-state index contributed by atoms with van der Waals surface area (Å²) in [6, 6.07) is 14.1. The van der Waals surface area contributed by atoms with Crippen molar-refractivity contribution in [3.63, 3.8) is 0 Å². The fourth-order valence-corrected chi connectivity index (χ4v) is 3.81. The van der Waals surface area contributed by atoms with E-state index in [0.29, 0.717) is 33.8 Å².